The van der Waals surface area contributed by atoms with Crippen molar-refractivity contribution in [2.24, 2.45) is 0 Å². The summed E-state index contributed by atoms with van der Waals surface area (Å²) in [5.74, 6) is 0.867. The van der Waals surface area contributed by atoms with Gasteiger partial charge in [-0.15, -0.1) is 0 Å². The first-order valence-electron chi connectivity index (χ1n) is 7.39. The fraction of sp³-hybridized carbons (Fsp3) is 0.333. The molecule has 110 valence electrons. The number of anilines is 1. The molecule has 0 saturated heterocycles. The van der Waals surface area contributed by atoms with Crippen molar-refractivity contribution in [2.75, 3.05) is 12.4 Å². The van der Waals surface area contributed by atoms with Gasteiger partial charge in [-0.05, 0) is 61.1 Å². The predicted octanol–water partition coefficient (Wildman–Crippen LogP) is 5.12. The highest BCUT2D eigenvalue weighted by Crippen LogP contribution is 2.32. The molecule has 0 heterocycles. The Morgan fingerprint density at radius 1 is 1.10 bits per heavy atom. The zero-order valence-electron chi connectivity index (χ0n) is 12.4. The molecular formula is C18H20BrNO. The molecule has 0 aromatic heterocycles. The molecule has 0 bridgehead atoms. The highest BCUT2D eigenvalue weighted by molar-refractivity contribution is 9.10. The number of benzene rings is 2. The van der Waals surface area contributed by atoms with E-state index in [-0.39, 0.29) is 6.04 Å². The minimum atomic E-state index is 0.249. The van der Waals surface area contributed by atoms with Crippen LogP contribution in [0.4, 0.5) is 5.69 Å². The fourth-order valence-corrected chi connectivity index (χ4v) is 3.33. The Bertz CT molecular complexity index is 654. The number of aryl methyl sites for hydroxylation is 2. The van der Waals surface area contributed by atoms with E-state index in [1.165, 1.54) is 36.0 Å². The molecule has 0 aliphatic heterocycles. The van der Waals surface area contributed by atoms with Gasteiger partial charge >= 0.3 is 0 Å². The van der Waals surface area contributed by atoms with E-state index < -0.39 is 0 Å². The summed E-state index contributed by atoms with van der Waals surface area (Å²) < 4.78 is 6.48. The van der Waals surface area contributed by atoms with Gasteiger partial charge in [-0.2, -0.15) is 0 Å². The Morgan fingerprint density at radius 2 is 1.90 bits per heavy atom. The topological polar surface area (TPSA) is 21.3 Å². The largest absolute Gasteiger partial charge is 0.495 e. The van der Waals surface area contributed by atoms with Gasteiger partial charge in [-0.3, -0.25) is 0 Å². The summed E-state index contributed by atoms with van der Waals surface area (Å²) in [6.45, 7) is 2.19. The maximum atomic E-state index is 5.43. The number of halogens is 1. The van der Waals surface area contributed by atoms with E-state index in [4.69, 9.17) is 4.74 Å². The van der Waals surface area contributed by atoms with Crippen LogP contribution in [0.3, 0.4) is 0 Å². The van der Waals surface area contributed by atoms with Crippen molar-refractivity contribution in [2.45, 2.75) is 32.2 Å². The van der Waals surface area contributed by atoms with Crippen molar-refractivity contribution in [1.29, 1.82) is 0 Å². The van der Waals surface area contributed by atoms with Gasteiger partial charge in [0, 0.05) is 10.5 Å². The predicted molar refractivity (Wildman–Crippen MR) is 91.2 cm³/mol. The monoisotopic (exact) mass is 345 g/mol. The van der Waals surface area contributed by atoms with Gasteiger partial charge in [-0.1, -0.05) is 34.1 Å². The average Bonchev–Trinajstić information content (AvgIpc) is 2.94. The fourth-order valence-electron chi connectivity index (χ4n) is 2.97. The normalized spacial score (nSPS) is 14.6. The Balaban J connectivity index is 1.83. The van der Waals surface area contributed by atoms with Gasteiger partial charge in [0.05, 0.1) is 12.8 Å². The molecule has 0 radical (unpaired) electrons. The summed E-state index contributed by atoms with van der Waals surface area (Å²) in [5, 5.41) is 3.55. The number of rotatable bonds is 4. The number of fused-ring (bicyclic) bond motifs is 1. The molecule has 1 atom stereocenters. The third-order valence-electron chi connectivity index (χ3n) is 4.16. The molecule has 21 heavy (non-hydrogen) atoms. The van der Waals surface area contributed by atoms with Gasteiger partial charge in [0.15, 0.2) is 0 Å². The van der Waals surface area contributed by atoms with Crippen molar-refractivity contribution in [3.8, 4) is 5.75 Å². The smallest absolute Gasteiger partial charge is 0.142 e. The van der Waals surface area contributed by atoms with Crippen LogP contribution in [0.15, 0.2) is 40.9 Å². The van der Waals surface area contributed by atoms with E-state index in [2.05, 4.69) is 52.4 Å². The second-order valence-electron chi connectivity index (χ2n) is 5.59. The molecule has 2 nitrogen and oxygen atoms in total. The van der Waals surface area contributed by atoms with Gasteiger partial charge < -0.3 is 10.1 Å². The highest BCUT2D eigenvalue weighted by Gasteiger charge is 2.14. The Kier molecular flexibility index (Phi) is 4.20. The lowest BCUT2D eigenvalue weighted by molar-refractivity contribution is 0.416. The van der Waals surface area contributed by atoms with Crippen molar-refractivity contribution in [1.82, 2.24) is 0 Å². The van der Waals surface area contributed by atoms with Gasteiger partial charge in [-0.25, -0.2) is 0 Å². The SMILES string of the molecule is COc1ccc(Br)cc1NC(C)c1ccc2c(c1)CCC2. The first-order valence-corrected chi connectivity index (χ1v) is 8.18. The molecule has 2 aromatic carbocycles. The van der Waals surface area contributed by atoms with Crippen LogP contribution in [0.5, 0.6) is 5.75 Å². The molecule has 3 rings (SSSR count). The Morgan fingerprint density at radius 3 is 2.71 bits per heavy atom. The molecule has 0 saturated carbocycles. The first-order chi connectivity index (χ1) is 10.2. The first kappa shape index (κ1) is 14.5. The third kappa shape index (κ3) is 3.08. The molecule has 0 amide bonds. The van der Waals surface area contributed by atoms with Crippen molar-refractivity contribution >= 4 is 21.6 Å². The lowest BCUT2D eigenvalue weighted by Gasteiger charge is -2.19. The van der Waals surface area contributed by atoms with Crippen LogP contribution in [0, 0.1) is 0 Å². The lowest BCUT2D eigenvalue weighted by atomic mass is 10.0. The van der Waals surface area contributed by atoms with E-state index >= 15 is 0 Å². The van der Waals surface area contributed by atoms with E-state index in [1.807, 2.05) is 12.1 Å². The van der Waals surface area contributed by atoms with Crippen LogP contribution >= 0.6 is 15.9 Å². The summed E-state index contributed by atoms with van der Waals surface area (Å²) in [5.41, 5.74) is 5.38. The second-order valence-corrected chi connectivity index (χ2v) is 6.51. The quantitative estimate of drug-likeness (QED) is 0.830. The molecule has 3 heteroatoms. The molecular weight excluding hydrogens is 326 g/mol. The Hall–Kier alpha value is -1.48. The summed E-state index contributed by atoms with van der Waals surface area (Å²) in [7, 11) is 1.70. The maximum absolute atomic E-state index is 5.43. The minimum absolute atomic E-state index is 0.249. The zero-order valence-corrected chi connectivity index (χ0v) is 14.0. The van der Waals surface area contributed by atoms with Crippen LogP contribution in [0.1, 0.15) is 36.1 Å². The van der Waals surface area contributed by atoms with Gasteiger partial charge in [0.25, 0.3) is 0 Å². The second kappa shape index (κ2) is 6.10. The molecule has 1 N–H and O–H groups in total. The lowest BCUT2D eigenvalue weighted by Crippen LogP contribution is -2.08. The maximum Gasteiger partial charge on any atom is 0.142 e. The van der Waals surface area contributed by atoms with Crippen molar-refractivity contribution in [3.63, 3.8) is 0 Å². The zero-order chi connectivity index (χ0) is 14.8. The number of hydrogen-bond donors (Lipinski definition) is 1. The summed E-state index contributed by atoms with van der Waals surface area (Å²) in [4.78, 5) is 0. The number of methoxy groups -OCH3 is 1. The standard InChI is InChI=1S/C18H20BrNO/c1-12(14-7-6-13-4-3-5-15(13)10-14)20-17-11-16(19)8-9-18(17)21-2/h6-12,20H,3-5H2,1-2H3. The summed E-state index contributed by atoms with van der Waals surface area (Å²) >= 11 is 3.52. The summed E-state index contributed by atoms with van der Waals surface area (Å²) in [6.07, 6.45) is 3.74. The van der Waals surface area contributed by atoms with Crippen LogP contribution < -0.4 is 10.1 Å². The highest BCUT2D eigenvalue weighted by atomic mass is 79.9. The van der Waals surface area contributed by atoms with Gasteiger partial charge in [0.1, 0.15) is 5.75 Å². The molecule has 1 aliphatic carbocycles. The number of hydrogen-bond acceptors (Lipinski definition) is 2. The third-order valence-corrected chi connectivity index (χ3v) is 4.65. The summed E-state index contributed by atoms with van der Waals surface area (Å²) in [6, 6.07) is 13.2. The molecule has 1 aliphatic rings. The van der Waals surface area contributed by atoms with Gasteiger partial charge in [0.2, 0.25) is 0 Å². The van der Waals surface area contributed by atoms with E-state index in [9.17, 15) is 0 Å². The number of ether oxygens (including phenoxy) is 1. The average molecular weight is 346 g/mol. The van der Waals surface area contributed by atoms with Crippen molar-refractivity contribution in [3.05, 3.63) is 57.6 Å². The van der Waals surface area contributed by atoms with E-state index in [0.29, 0.717) is 0 Å². The van der Waals surface area contributed by atoms with Crippen LogP contribution in [0.2, 0.25) is 0 Å². The molecule has 1 unspecified atom stereocenters. The van der Waals surface area contributed by atoms with E-state index in [1.54, 1.807) is 7.11 Å². The molecule has 0 fully saturated rings. The van der Waals surface area contributed by atoms with Crippen LogP contribution in [-0.2, 0) is 12.8 Å². The molecule has 2 aromatic rings. The van der Waals surface area contributed by atoms with Crippen LogP contribution in [0.25, 0.3) is 0 Å². The van der Waals surface area contributed by atoms with E-state index in [0.717, 1.165) is 15.9 Å². The number of nitrogens with one attached hydrogen (secondary N) is 1. The minimum Gasteiger partial charge on any atom is -0.495 e. The molecule has 0 spiro atoms. The van der Waals surface area contributed by atoms with Crippen LogP contribution in [-0.4, -0.2) is 7.11 Å². The Labute approximate surface area is 134 Å². The van der Waals surface area contributed by atoms with Crippen molar-refractivity contribution < 1.29 is 4.74 Å².